The van der Waals surface area contributed by atoms with Gasteiger partial charge in [0, 0.05) is 43.7 Å². The van der Waals surface area contributed by atoms with Crippen molar-refractivity contribution in [2.45, 2.75) is 6.61 Å². The van der Waals surface area contributed by atoms with E-state index in [1.165, 1.54) is 10.3 Å². The van der Waals surface area contributed by atoms with E-state index in [0.717, 1.165) is 11.1 Å². The summed E-state index contributed by atoms with van der Waals surface area (Å²) in [5.74, 6) is 0.938. The Balaban J connectivity index is 1.98. The number of hydrogen-bond acceptors (Lipinski definition) is 8. The topological polar surface area (TPSA) is 91.7 Å². The SMILES string of the molecule is CN(C)C(=O)c1cc(C=S)c2nc(-c3cccc(CO)c3)nc(N3CCOCC3)c2n1. The minimum absolute atomic E-state index is 0.0690. The highest BCUT2D eigenvalue weighted by Crippen LogP contribution is 2.29. The third-order valence-corrected chi connectivity index (χ3v) is 5.35. The van der Waals surface area contributed by atoms with Crippen molar-refractivity contribution in [1.82, 2.24) is 19.9 Å². The van der Waals surface area contributed by atoms with Gasteiger partial charge in [0.05, 0.1) is 19.8 Å². The molecule has 1 aliphatic heterocycles. The summed E-state index contributed by atoms with van der Waals surface area (Å²) < 4.78 is 5.50. The molecule has 0 unspecified atom stereocenters. The molecule has 160 valence electrons. The largest absolute Gasteiger partial charge is 0.392 e. The van der Waals surface area contributed by atoms with Gasteiger partial charge in [-0.1, -0.05) is 30.4 Å². The molecule has 1 N–H and O–H groups in total. The molecule has 1 saturated heterocycles. The molecule has 31 heavy (non-hydrogen) atoms. The number of aliphatic hydroxyl groups excluding tert-OH is 1. The third kappa shape index (κ3) is 4.25. The number of hydrogen-bond donors (Lipinski definition) is 1. The van der Waals surface area contributed by atoms with Crippen LogP contribution in [0.5, 0.6) is 0 Å². The number of carbonyl (C=O) groups excluding carboxylic acids is 1. The number of morpholine rings is 1. The van der Waals surface area contributed by atoms with Crippen molar-refractivity contribution in [2.24, 2.45) is 0 Å². The number of aliphatic hydroxyl groups is 1. The van der Waals surface area contributed by atoms with Gasteiger partial charge in [-0.05, 0) is 17.7 Å². The van der Waals surface area contributed by atoms with Gasteiger partial charge in [0.2, 0.25) is 0 Å². The predicted molar refractivity (Wildman–Crippen MR) is 122 cm³/mol. The normalized spacial score (nSPS) is 14.0. The molecule has 4 rings (SSSR count). The molecular formula is C22H23N5O3S. The summed E-state index contributed by atoms with van der Waals surface area (Å²) >= 11 is 5.25. The third-order valence-electron chi connectivity index (χ3n) is 5.09. The molecule has 9 heteroatoms. The van der Waals surface area contributed by atoms with E-state index >= 15 is 0 Å². The number of fused-ring (bicyclic) bond motifs is 1. The lowest BCUT2D eigenvalue weighted by molar-refractivity contribution is 0.0822. The second-order valence-corrected chi connectivity index (χ2v) is 7.68. The number of benzene rings is 1. The van der Waals surface area contributed by atoms with Crippen molar-refractivity contribution >= 4 is 40.3 Å². The van der Waals surface area contributed by atoms with Crippen LogP contribution in [0.15, 0.2) is 30.3 Å². The fraction of sp³-hybridized carbons (Fsp3) is 0.318. The second-order valence-electron chi connectivity index (χ2n) is 7.44. The molecule has 1 aromatic carbocycles. The van der Waals surface area contributed by atoms with Gasteiger partial charge < -0.3 is 19.6 Å². The summed E-state index contributed by atoms with van der Waals surface area (Å²) in [5.41, 5.74) is 3.61. The van der Waals surface area contributed by atoms with E-state index in [9.17, 15) is 9.90 Å². The van der Waals surface area contributed by atoms with Crippen LogP contribution >= 0.6 is 12.2 Å². The van der Waals surface area contributed by atoms with Crippen LogP contribution in [0.25, 0.3) is 22.4 Å². The Morgan fingerprint density at radius 2 is 1.97 bits per heavy atom. The first-order chi connectivity index (χ1) is 15.0. The number of nitrogens with zero attached hydrogens (tertiary/aromatic N) is 5. The molecule has 2 aromatic heterocycles. The fourth-order valence-corrected chi connectivity index (χ4v) is 3.66. The van der Waals surface area contributed by atoms with Gasteiger partial charge in [0.15, 0.2) is 11.6 Å². The van der Waals surface area contributed by atoms with Crippen molar-refractivity contribution in [3.63, 3.8) is 0 Å². The summed E-state index contributed by atoms with van der Waals surface area (Å²) in [7, 11) is 3.36. The lowest BCUT2D eigenvalue weighted by Crippen LogP contribution is -2.37. The average Bonchev–Trinajstić information content (AvgIpc) is 2.82. The smallest absolute Gasteiger partial charge is 0.271 e. The molecule has 1 aliphatic rings. The summed E-state index contributed by atoms with van der Waals surface area (Å²) in [6.07, 6.45) is 0. The number of amides is 1. The number of thiocarbonyl (C=S) groups is 1. The molecule has 1 fully saturated rings. The number of carbonyl (C=O) groups is 1. The molecule has 0 bridgehead atoms. The van der Waals surface area contributed by atoms with Crippen LogP contribution in [0.2, 0.25) is 0 Å². The van der Waals surface area contributed by atoms with Crippen molar-refractivity contribution in [1.29, 1.82) is 0 Å². The van der Waals surface area contributed by atoms with Crippen molar-refractivity contribution in [3.8, 4) is 11.4 Å². The van der Waals surface area contributed by atoms with Crippen molar-refractivity contribution in [2.75, 3.05) is 45.3 Å². The van der Waals surface area contributed by atoms with E-state index in [1.807, 2.05) is 24.3 Å². The van der Waals surface area contributed by atoms with E-state index in [4.69, 9.17) is 26.9 Å². The molecule has 8 nitrogen and oxygen atoms in total. The van der Waals surface area contributed by atoms with Crippen molar-refractivity contribution < 1.29 is 14.6 Å². The van der Waals surface area contributed by atoms with Gasteiger partial charge in [0.25, 0.3) is 5.91 Å². The van der Waals surface area contributed by atoms with Crippen LogP contribution in [-0.4, -0.2) is 76.6 Å². The molecule has 1 amide bonds. The number of rotatable bonds is 5. The van der Waals surface area contributed by atoms with Crippen LogP contribution in [0.3, 0.4) is 0 Å². The number of ether oxygens (including phenoxy) is 1. The number of pyridine rings is 1. The molecule has 0 spiro atoms. The minimum atomic E-state index is -0.215. The Bertz CT molecular complexity index is 1150. The zero-order valence-electron chi connectivity index (χ0n) is 17.4. The average molecular weight is 438 g/mol. The molecule has 0 saturated carbocycles. The van der Waals surface area contributed by atoms with Crippen LogP contribution in [0.1, 0.15) is 21.6 Å². The quantitative estimate of drug-likeness (QED) is 0.607. The maximum absolute atomic E-state index is 12.6. The number of aromatic nitrogens is 3. The summed E-state index contributed by atoms with van der Waals surface area (Å²) in [6, 6.07) is 9.13. The van der Waals surface area contributed by atoms with Crippen LogP contribution < -0.4 is 4.90 Å². The van der Waals surface area contributed by atoms with Gasteiger partial charge in [0.1, 0.15) is 16.7 Å². The standard InChI is InChI=1S/C22H23N5O3S/c1-26(2)22(29)17-11-16(13-31)18-19(23-17)21(27-6-8-30-9-7-27)25-20(24-18)15-5-3-4-14(10-15)12-28/h3-5,10-11,13,28H,6-9,12H2,1-2H3. The van der Waals surface area contributed by atoms with E-state index in [0.29, 0.717) is 60.2 Å². The van der Waals surface area contributed by atoms with Gasteiger partial charge in [-0.15, -0.1) is 0 Å². The van der Waals surface area contributed by atoms with Crippen LogP contribution in [0, 0.1) is 0 Å². The Hall–Kier alpha value is -3.01. The van der Waals surface area contributed by atoms with Gasteiger partial charge in [-0.2, -0.15) is 0 Å². The Morgan fingerprint density at radius 3 is 2.65 bits per heavy atom. The first kappa shape index (κ1) is 21.2. The van der Waals surface area contributed by atoms with E-state index in [2.05, 4.69) is 9.88 Å². The van der Waals surface area contributed by atoms with Gasteiger partial charge in [-0.25, -0.2) is 15.0 Å². The lowest BCUT2D eigenvalue weighted by Gasteiger charge is -2.29. The lowest BCUT2D eigenvalue weighted by atomic mass is 10.1. The Morgan fingerprint density at radius 1 is 1.19 bits per heavy atom. The first-order valence-electron chi connectivity index (χ1n) is 9.94. The first-order valence-corrected chi connectivity index (χ1v) is 10.4. The van der Waals surface area contributed by atoms with E-state index < -0.39 is 0 Å². The maximum Gasteiger partial charge on any atom is 0.271 e. The zero-order chi connectivity index (χ0) is 22.0. The number of anilines is 1. The summed E-state index contributed by atoms with van der Waals surface area (Å²) in [5, 5.41) is 11.0. The van der Waals surface area contributed by atoms with Crippen molar-refractivity contribution in [3.05, 3.63) is 47.2 Å². The second kappa shape index (κ2) is 9.01. The molecule has 3 heterocycles. The van der Waals surface area contributed by atoms with Crippen LogP contribution in [-0.2, 0) is 11.3 Å². The fourth-order valence-electron chi connectivity index (χ4n) is 3.48. The Labute approximate surface area is 185 Å². The van der Waals surface area contributed by atoms with Gasteiger partial charge in [-0.3, -0.25) is 4.79 Å². The zero-order valence-corrected chi connectivity index (χ0v) is 18.2. The highest BCUT2D eigenvalue weighted by atomic mass is 32.1. The maximum atomic E-state index is 12.6. The van der Waals surface area contributed by atoms with Gasteiger partial charge >= 0.3 is 0 Å². The molecule has 0 atom stereocenters. The Kier molecular flexibility index (Phi) is 6.17. The minimum Gasteiger partial charge on any atom is -0.392 e. The molecular weight excluding hydrogens is 414 g/mol. The highest BCUT2D eigenvalue weighted by Gasteiger charge is 2.23. The molecule has 0 aliphatic carbocycles. The summed E-state index contributed by atoms with van der Waals surface area (Å²) in [6.45, 7) is 2.40. The van der Waals surface area contributed by atoms with E-state index in [1.54, 1.807) is 20.2 Å². The molecule has 0 radical (unpaired) electrons. The monoisotopic (exact) mass is 437 g/mol. The highest BCUT2D eigenvalue weighted by molar-refractivity contribution is 7.79. The van der Waals surface area contributed by atoms with E-state index in [-0.39, 0.29) is 12.5 Å². The predicted octanol–water partition coefficient (Wildman–Crippen LogP) is 2.07. The van der Waals surface area contributed by atoms with Crippen LogP contribution in [0.4, 0.5) is 5.82 Å². The summed E-state index contributed by atoms with van der Waals surface area (Å²) in [4.78, 5) is 30.4. The molecule has 3 aromatic rings.